The third-order valence-corrected chi connectivity index (χ3v) is 2.91. The maximum absolute atomic E-state index is 11.1. The number of benzene rings is 1. The van der Waals surface area contributed by atoms with Gasteiger partial charge < -0.3 is 0 Å². The molecule has 1 heteroatoms. The van der Waals surface area contributed by atoms with E-state index in [2.05, 4.69) is 30.3 Å². The summed E-state index contributed by atoms with van der Waals surface area (Å²) in [5, 5.41) is 0. The molecule has 0 saturated carbocycles. The van der Waals surface area contributed by atoms with Crippen LogP contribution in [0.15, 0.2) is 30.3 Å². The smallest absolute Gasteiger partial charge is 0.132 e. The predicted molar refractivity (Wildman–Crippen MR) is 68.5 cm³/mol. The average Bonchev–Trinajstić information content (AvgIpc) is 2.34. The van der Waals surface area contributed by atoms with Crippen LogP contribution in [0, 0.1) is 0 Å². The van der Waals surface area contributed by atoms with Gasteiger partial charge in [0.15, 0.2) is 0 Å². The molecule has 16 heavy (non-hydrogen) atoms. The second-order valence-corrected chi connectivity index (χ2v) is 4.29. The number of carbonyl (C=O) groups is 1. The van der Waals surface area contributed by atoms with Crippen molar-refractivity contribution in [2.24, 2.45) is 0 Å². The van der Waals surface area contributed by atoms with Gasteiger partial charge in [-0.25, -0.2) is 0 Å². The zero-order chi connectivity index (χ0) is 11.6. The fourth-order valence-corrected chi connectivity index (χ4v) is 1.83. The molecule has 88 valence electrons. The van der Waals surface area contributed by atoms with E-state index >= 15 is 0 Å². The van der Waals surface area contributed by atoms with Crippen molar-refractivity contribution in [3.05, 3.63) is 35.9 Å². The first-order valence-electron chi connectivity index (χ1n) is 6.38. The molecule has 0 N–H and O–H groups in total. The molecule has 0 aliphatic carbocycles. The van der Waals surface area contributed by atoms with Gasteiger partial charge in [-0.2, -0.15) is 0 Å². The summed E-state index contributed by atoms with van der Waals surface area (Å²) in [4.78, 5) is 11.1. The van der Waals surface area contributed by atoms with Crippen molar-refractivity contribution in [3.63, 3.8) is 0 Å². The highest BCUT2D eigenvalue weighted by atomic mass is 16.1. The van der Waals surface area contributed by atoms with Crippen LogP contribution in [-0.4, -0.2) is 5.78 Å². The molecule has 0 atom stereocenters. The minimum atomic E-state index is 0.406. The van der Waals surface area contributed by atoms with Gasteiger partial charge in [-0.15, -0.1) is 0 Å². The lowest BCUT2D eigenvalue weighted by Gasteiger charge is -2.01. The Morgan fingerprint density at radius 1 is 1.00 bits per heavy atom. The lowest BCUT2D eigenvalue weighted by molar-refractivity contribution is -0.118. The van der Waals surface area contributed by atoms with E-state index in [1.807, 2.05) is 6.92 Å². The first-order valence-corrected chi connectivity index (χ1v) is 6.38. The molecule has 0 unspecified atom stereocenters. The Kier molecular flexibility index (Phi) is 6.55. The molecular formula is C15H22O. The van der Waals surface area contributed by atoms with Crippen LogP contribution in [0.2, 0.25) is 0 Å². The molecule has 0 bridgehead atoms. The van der Waals surface area contributed by atoms with Crippen molar-refractivity contribution < 1.29 is 4.79 Å². The molecule has 0 aromatic heterocycles. The molecule has 1 rings (SSSR count). The monoisotopic (exact) mass is 218 g/mol. The van der Waals surface area contributed by atoms with Gasteiger partial charge >= 0.3 is 0 Å². The van der Waals surface area contributed by atoms with Gasteiger partial charge in [-0.05, 0) is 24.8 Å². The van der Waals surface area contributed by atoms with E-state index in [1.165, 1.54) is 31.2 Å². The van der Waals surface area contributed by atoms with E-state index in [-0.39, 0.29) is 0 Å². The first kappa shape index (κ1) is 13.0. The third-order valence-electron chi connectivity index (χ3n) is 2.91. The summed E-state index contributed by atoms with van der Waals surface area (Å²) in [6, 6.07) is 10.6. The number of ketones is 1. The van der Waals surface area contributed by atoms with Crippen molar-refractivity contribution in [2.75, 3.05) is 0 Å². The van der Waals surface area contributed by atoms with Crippen molar-refractivity contribution in [1.29, 1.82) is 0 Å². The lowest BCUT2D eigenvalue weighted by atomic mass is 10.0. The van der Waals surface area contributed by atoms with Crippen molar-refractivity contribution in [2.45, 2.75) is 51.9 Å². The van der Waals surface area contributed by atoms with Crippen LogP contribution in [0.5, 0.6) is 0 Å². The number of aryl methyl sites for hydroxylation is 1. The molecule has 1 nitrogen and oxygen atoms in total. The Hall–Kier alpha value is -1.11. The Morgan fingerprint density at radius 3 is 2.38 bits per heavy atom. The molecule has 0 aliphatic rings. The highest BCUT2D eigenvalue weighted by molar-refractivity contribution is 5.77. The molecule has 1 aromatic rings. The van der Waals surface area contributed by atoms with Crippen LogP contribution in [0.1, 0.15) is 51.0 Å². The minimum Gasteiger partial charge on any atom is -0.300 e. The van der Waals surface area contributed by atoms with E-state index in [0.717, 1.165) is 12.8 Å². The van der Waals surface area contributed by atoms with Crippen molar-refractivity contribution >= 4 is 5.78 Å². The van der Waals surface area contributed by atoms with E-state index < -0.39 is 0 Å². The molecule has 1 aromatic carbocycles. The molecule has 0 fully saturated rings. The maximum atomic E-state index is 11.1. The summed E-state index contributed by atoms with van der Waals surface area (Å²) in [5.74, 6) is 0.406. The Morgan fingerprint density at radius 2 is 1.69 bits per heavy atom. The number of rotatable bonds is 8. The third kappa shape index (κ3) is 5.69. The summed E-state index contributed by atoms with van der Waals surface area (Å²) in [6.07, 6.45) is 7.39. The van der Waals surface area contributed by atoms with Crippen molar-refractivity contribution in [1.82, 2.24) is 0 Å². The van der Waals surface area contributed by atoms with E-state index in [0.29, 0.717) is 12.2 Å². The fraction of sp³-hybridized carbons (Fsp3) is 0.533. The van der Waals surface area contributed by atoms with Crippen LogP contribution in [0.25, 0.3) is 0 Å². The number of hydrogen-bond donors (Lipinski definition) is 0. The Labute approximate surface area is 98.9 Å². The standard InChI is InChI=1S/C15H22O/c1-2-15(16)13-9-4-3-6-10-14-11-7-5-8-12-14/h5,7-8,11-12H,2-4,6,9-10,13H2,1H3. The van der Waals surface area contributed by atoms with E-state index in [9.17, 15) is 4.79 Å². The molecule has 0 heterocycles. The van der Waals surface area contributed by atoms with Gasteiger partial charge in [0.2, 0.25) is 0 Å². The van der Waals surface area contributed by atoms with Crippen LogP contribution >= 0.6 is 0 Å². The maximum Gasteiger partial charge on any atom is 0.132 e. The largest absolute Gasteiger partial charge is 0.300 e. The zero-order valence-electron chi connectivity index (χ0n) is 10.2. The topological polar surface area (TPSA) is 17.1 Å². The number of carbonyl (C=O) groups excluding carboxylic acids is 1. The molecule has 0 aliphatic heterocycles. The second kappa shape index (κ2) is 8.09. The van der Waals surface area contributed by atoms with Gasteiger partial charge in [-0.1, -0.05) is 50.1 Å². The SMILES string of the molecule is CCC(=O)CCCCCCc1ccccc1. The van der Waals surface area contributed by atoms with Crippen LogP contribution in [-0.2, 0) is 11.2 Å². The molecule has 0 saturated heterocycles. The molecular weight excluding hydrogens is 196 g/mol. The van der Waals surface area contributed by atoms with Crippen LogP contribution < -0.4 is 0 Å². The summed E-state index contributed by atoms with van der Waals surface area (Å²) in [5.41, 5.74) is 1.42. The zero-order valence-corrected chi connectivity index (χ0v) is 10.2. The number of Topliss-reactive ketones (excluding diaryl/α,β-unsaturated/α-hetero) is 1. The predicted octanol–water partition coefficient (Wildman–Crippen LogP) is 4.16. The van der Waals surface area contributed by atoms with Crippen LogP contribution in [0.3, 0.4) is 0 Å². The first-order chi connectivity index (χ1) is 7.83. The summed E-state index contributed by atoms with van der Waals surface area (Å²) in [6.45, 7) is 1.94. The number of unbranched alkanes of at least 4 members (excludes halogenated alkanes) is 3. The Balaban J connectivity index is 1.98. The highest BCUT2D eigenvalue weighted by Crippen LogP contribution is 2.09. The summed E-state index contributed by atoms with van der Waals surface area (Å²) >= 11 is 0. The van der Waals surface area contributed by atoms with Gasteiger partial charge in [0.25, 0.3) is 0 Å². The van der Waals surface area contributed by atoms with Gasteiger partial charge in [-0.3, -0.25) is 4.79 Å². The molecule has 0 radical (unpaired) electrons. The highest BCUT2D eigenvalue weighted by Gasteiger charge is 1.97. The average molecular weight is 218 g/mol. The van der Waals surface area contributed by atoms with Gasteiger partial charge in [0, 0.05) is 12.8 Å². The minimum absolute atomic E-state index is 0.406. The van der Waals surface area contributed by atoms with Crippen molar-refractivity contribution in [3.8, 4) is 0 Å². The molecule has 0 amide bonds. The Bertz CT molecular complexity index is 290. The summed E-state index contributed by atoms with van der Waals surface area (Å²) in [7, 11) is 0. The van der Waals surface area contributed by atoms with Gasteiger partial charge in [0.05, 0.1) is 0 Å². The van der Waals surface area contributed by atoms with Crippen LogP contribution in [0.4, 0.5) is 0 Å². The van der Waals surface area contributed by atoms with Gasteiger partial charge in [0.1, 0.15) is 5.78 Å². The van der Waals surface area contributed by atoms with E-state index in [1.54, 1.807) is 0 Å². The fourth-order valence-electron chi connectivity index (χ4n) is 1.83. The lowest BCUT2D eigenvalue weighted by Crippen LogP contribution is -1.94. The summed E-state index contributed by atoms with van der Waals surface area (Å²) < 4.78 is 0. The molecule has 0 spiro atoms. The number of hydrogen-bond acceptors (Lipinski definition) is 1. The second-order valence-electron chi connectivity index (χ2n) is 4.29. The quantitative estimate of drug-likeness (QED) is 0.599. The normalized spacial score (nSPS) is 10.3. The van der Waals surface area contributed by atoms with E-state index in [4.69, 9.17) is 0 Å².